The second-order valence-electron chi connectivity index (χ2n) is 7.86. The summed E-state index contributed by atoms with van der Waals surface area (Å²) >= 11 is 1.83. The summed E-state index contributed by atoms with van der Waals surface area (Å²) in [6.45, 7) is 6.32. The monoisotopic (exact) mass is 348 g/mol. The molecule has 1 aliphatic carbocycles. The Labute approximate surface area is 148 Å². The Hall–Kier alpha value is -0.910. The molecule has 2 saturated heterocycles. The first-order valence-electron chi connectivity index (χ1n) is 9.35. The molecule has 1 aromatic rings. The van der Waals surface area contributed by atoms with Crippen LogP contribution in [0.15, 0.2) is 17.5 Å². The molecule has 1 saturated carbocycles. The Morgan fingerprint density at radius 3 is 3.00 bits per heavy atom. The highest BCUT2D eigenvalue weighted by Gasteiger charge is 2.48. The Morgan fingerprint density at radius 2 is 2.29 bits per heavy atom. The number of nitrogens with one attached hydrogen (secondary N) is 1. The summed E-state index contributed by atoms with van der Waals surface area (Å²) in [6.07, 6.45) is 5.27. The van der Waals surface area contributed by atoms with Gasteiger partial charge < -0.3 is 10.1 Å². The van der Waals surface area contributed by atoms with Crippen LogP contribution < -0.4 is 5.32 Å². The number of piperidine rings is 1. The zero-order valence-corrected chi connectivity index (χ0v) is 15.3. The summed E-state index contributed by atoms with van der Waals surface area (Å²) in [7, 11) is 0. The van der Waals surface area contributed by atoms with E-state index in [0.29, 0.717) is 5.92 Å². The van der Waals surface area contributed by atoms with Crippen molar-refractivity contribution in [2.45, 2.75) is 57.3 Å². The lowest BCUT2D eigenvalue weighted by Gasteiger charge is -2.44. The Morgan fingerprint density at radius 1 is 1.42 bits per heavy atom. The van der Waals surface area contributed by atoms with Crippen LogP contribution in [-0.2, 0) is 16.1 Å². The topological polar surface area (TPSA) is 41.6 Å². The summed E-state index contributed by atoms with van der Waals surface area (Å²) < 4.78 is 6.36. The van der Waals surface area contributed by atoms with Gasteiger partial charge in [-0.2, -0.15) is 0 Å². The maximum Gasteiger partial charge on any atom is 0.249 e. The van der Waals surface area contributed by atoms with E-state index in [4.69, 9.17) is 4.74 Å². The van der Waals surface area contributed by atoms with Crippen LogP contribution in [0.3, 0.4) is 0 Å². The summed E-state index contributed by atoms with van der Waals surface area (Å²) in [5.74, 6) is 1.32. The smallest absolute Gasteiger partial charge is 0.249 e. The van der Waals surface area contributed by atoms with Crippen LogP contribution in [0, 0.1) is 11.8 Å². The molecule has 24 heavy (non-hydrogen) atoms. The van der Waals surface area contributed by atoms with E-state index in [9.17, 15) is 4.79 Å². The average molecular weight is 349 g/mol. The van der Waals surface area contributed by atoms with Crippen molar-refractivity contribution in [3.8, 4) is 0 Å². The van der Waals surface area contributed by atoms with E-state index in [1.807, 2.05) is 11.3 Å². The number of ether oxygens (including phenoxy) is 1. The predicted molar refractivity (Wildman–Crippen MR) is 95.9 cm³/mol. The molecule has 5 heteroatoms. The fraction of sp³-hybridized carbons (Fsp3) is 0.737. The molecule has 2 aliphatic heterocycles. The second kappa shape index (κ2) is 6.77. The molecule has 1 spiro atoms. The zero-order chi connectivity index (χ0) is 16.6. The van der Waals surface area contributed by atoms with Crippen molar-refractivity contribution >= 4 is 17.2 Å². The molecule has 3 aliphatic rings. The Bertz CT molecular complexity index is 572. The molecule has 3 heterocycles. The summed E-state index contributed by atoms with van der Waals surface area (Å²) in [6, 6.07) is 4.34. The third-order valence-corrected chi connectivity index (χ3v) is 6.86. The summed E-state index contributed by atoms with van der Waals surface area (Å²) in [5.41, 5.74) is -0.0759. The van der Waals surface area contributed by atoms with E-state index < -0.39 is 0 Å². The van der Waals surface area contributed by atoms with Gasteiger partial charge >= 0.3 is 0 Å². The van der Waals surface area contributed by atoms with Crippen molar-refractivity contribution in [1.82, 2.24) is 10.2 Å². The van der Waals surface area contributed by atoms with Gasteiger partial charge in [0.1, 0.15) is 6.10 Å². The van der Waals surface area contributed by atoms with Crippen molar-refractivity contribution < 1.29 is 9.53 Å². The van der Waals surface area contributed by atoms with E-state index in [2.05, 4.69) is 34.7 Å². The van der Waals surface area contributed by atoms with Crippen LogP contribution in [0.4, 0.5) is 0 Å². The van der Waals surface area contributed by atoms with Crippen LogP contribution in [0.5, 0.6) is 0 Å². The van der Waals surface area contributed by atoms with Crippen LogP contribution in [0.25, 0.3) is 0 Å². The van der Waals surface area contributed by atoms with Gasteiger partial charge in [-0.25, -0.2) is 0 Å². The fourth-order valence-electron chi connectivity index (χ4n) is 4.19. The molecule has 4 rings (SSSR count). The number of rotatable bonds is 5. The Kier molecular flexibility index (Phi) is 4.67. The molecule has 3 atom stereocenters. The van der Waals surface area contributed by atoms with Gasteiger partial charge in [0.2, 0.25) is 5.91 Å². The summed E-state index contributed by atoms with van der Waals surface area (Å²) in [5, 5.41) is 5.24. The van der Waals surface area contributed by atoms with Crippen molar-refractivity contribution in [2.24, 2.45) is 11.8 Å². The van der Waals surface area contributed by atoms with Crippen LogP contribution in [0.2, 0.25) is 0 Å². The highest BCUT2D eigenvalue weighted by Crippen LogP contribution is 2.42. The standard InChI is InChI=1S/C19H28N2O2S/c1-14-12-21(13-16-3-2-10-24-16)9-8-19(14)7-6-17(23-19)18(22)20-11-15-4-5-15/h2-3,10,14-15,17H,4-9,11-13H2,1H3,(H,20,22)/t14-,17+,19+/m0/s1. The molecule has 0 aromatic carbocycles. The first-order valence-corrected chi connectivity index (χ1v) is 10.2. The number of likely N-dealkylation sites (tertiary alicyclic amines) is 1. The van der Waals surface area contributed by atoms with Gasteiger partial charge in [0.15, 0.2) is 0 Å². The molecular weight excluding hydrogens is 320 g/mol. The highest BCUT2D eigenvalue weighted by molar-refractivity contribution is 7.09. The molecule has 0 bridgehead atoms. The van der Waals surface area contributed by atoms with Crippen molar-refractivity contribution in [3.05, 3.63) is 22.4 Å². The first-order chi connectivity index (χ1) is 11.6. The van der Waals surface area contributed by atoms with E-state index in [1.54, 1.807) is 0 Å². The van der Waals surface area contributed by atoms with E-state index in [1.165, 1.54) is 17.7 Å². The molecular formula is C19H28N2O2S. The first kappa shape index (κ1) is 16.6. The lowest BCUT2D eigenvalue weighted by atomic mass is 9.80. The molecule has 1 aromatic heterocycles. The molecule has 1 N–H and O–H groups in total. The average Bonchev–Trinajstić information content (AvgIpc) is 3.07. The van der Waals surface area contributed by atoms with Crippen molar-refractivity contribution in [3.63, 3.8) is 0 Å². The molecule has 0 unspecified atom stereocenters. The molecule has 4 nitrogen and oxygen atoms in total. The van der Waals surface area contributed by atoms with Gasteiger partial charge in [-0.3, -0.25) is 9.69 Å². The van der Waals surface area contributed by atoms with Crippen LogP contribution in [-0.4, -0.2) is 42.1 Å². The Balaban J connectivity index is 1.30. The van der Waals surface area contributed by atoms with Crippen LogP contribution in [0.1, 0.15) is 43.9 Å². The number of carbonyl (C=O) groups is 1. The number of amides is 1. The maximum atomic E-state index is 12.3. The van der Waals surface area contributed by atoms with Gasteiger partial charge in [-0.1, -0.05) is 13.0 Å². The lowest BCUT2D eigenvalue weighted by molar-refractivity contribution is -0.147. The quantitative estimate of drug-likeness (QED) is 0.889. The normalized spacial score (nSPS) is 33.9. The summed E-state index contributed by atoms with van der Waals surface area (Å²) in [4.78, 5) is 16.3. The van der Waals surface area contributed by atoms with Gasteiger partial charge in [-0.05, 0) is 55.4 Å². The minimum Gasteiger partial charge on any atom is -0.362 e. The van der Waals surface area contributed by atoms with Crippen molar-refractivity contribution in [1.29, 1.82) is 0 Å². The van der Waals surface area contributed by atoms with E-state index in [-0.39, 0.29) is 17.6 Å². The van der Waals surface area contributed by atoms with Gasteiger partial charge in [0.05, 0.1) is 5.60 Å². The van der Waals surface area contributed by atoms with Crippen LogP contribution >= 0.6 is 11.3 Å². The molecule has 3 fully saturated rings. The molecule has 1 amide bonds. The zero-order valence-electron chi connectivity index (χ0n) is 14.5. The van der Waals surface area contributed by atoms with Crippen molar-refractivity contribution in [2.75, 3.05) is 19.6 Å². The number of carbonyl (C=O) groups excluding carboxylic acids is 1. The SMILES string of the molecule is C[C@H]1CN(Cc2cccs2)CC[C@]12CC[C@H](C(=O)NCC1CC1)O2. The van der Waals surface area contributed by atoms with Gasteiger partial charge in [0.25, 0.3) is 0 Å². The maximum absolute atomic E-state index is 12.3. The third-order valence-electron chi connectivity index (χ3n) is 6.00. The largest absolute Gasteiger partial charge is 0.362 e. The fourth-order valence-corrected chi connectivity index (χ4v) is 4.94. The minimum atomic E-state index is -0.227. The highest BCUT2D eigenvalue weighted by atomic mass is 32.1. The second-order valence-corrected chi connectivity index (χ2v) is 8.90. The molecule has 0 radical (unpaired) electrons. The van der Waals surface area contributed by atoms with E-state index >= 15 is 0 Å². The number of thiophene rings is 1. The minimum absolute atomic E-state index is 0.0759. The lowest BCUT2D eigenvalue weighted by Crippen LogP contribution is -2.51. The molecule has 132 valence electrons. The number of nitrogens with zero attached hydrogens (tertiary/aromatic N) is 1. The van der Waals surface area contributed by atoms with Gasteiger partial charge in [-0.15, -0.1) is 11.3 Å². The number of hydrogen-bond donors (Lipinski definition) is 1. The van der Waals surface area contributed by atoms with Gasteiger partial charge in [0, 0.05) is 31.1 Å². The number of hydrogen-bond acceptors (Lipinski definition) is 4. The predicted octanol–water partition coefficient (Wildman–Crippen LogP) is 3.03. The third kappa shape index (κ3) is 3.53. The van der Waals surface area contributed by atoms with E-state index in [0.717, 1.165) is 51.4 Å².